The molecular weight excluding hydrogens is 268 g/mol. The highest BCUT2D eigenvalue weighted by molar-refractivity contribution is 6.06. The van der Waals surface area contributed by atoms with Crippen molar-refractivity contribution in [2.75, 3.05) is 0 Å². The van der Waals surface area contributed by atoms with Gasteiger partial charge in [-0.25, -0.2) is 0 Å². The second-order valence-corrected chi connectivity index (χ2v) is 6.07. The predicted octanol–water partition coefficient (Wildman–Crippen LogP) is 5.63. The van der Waals surface area contributed by atoms with E-state index < -0.39 is 0 Å². The SMILES string of the molecule is O=C(/C=C/c1ccc(C2CCCCC2)cc1)c1ccccc1. The van der Waals surface area contributed by atoms with Crippen molar-refractivity contribution in [2.24, 2.45) is 0 Å². The Morgan fingerprint density at radius 3 is 2.23 bits per heavy atom. The largest absolute Gasteiger partial charge is 0.289 e. The van der Waals surface area contributed by atoms with E-state index in [4.69, 9.17) is 0 Å². The van der Waals surface area contributed by atoms with E-state index >= 15 is 0 Å². The molecule has 0 amide bonds. The molecule has 0 N–H and O–H groups in total. The molecule has 0 radical (unpaired) electrons. The topological polar surface area (TPSA) is 17.1 Å². The third-order valence-corrected chi connectivity index (χ3v) is 4.50. The monoisotopic (exact) mass is 290 g/mol. The van der Waals surface area contributed by atoms with E-state index in [-0.39, 0.29) is 5.78 Å². The van der Waals surface area contributed by atoms with Crippen LogP contribution in [-0.4, -0.2) is 5.78 Å². The maximum absolute atomic E-state index is 12.0. The smallest absolute Gasteiger partial charge is 0.185 e. The van der Waals surface area contributed by atoms with Crippen LogP contribution in [0.3, 0.4) is 0 Å². The van der Waals surface area contributed by atoms with Crippen molar-refractivity contribution in [1.29, 1.82) is 0 Å². The molecule has 1 fully saturated rings. The van der Waals surface area contributed by atoms with Crippen LogP contribution in [0.5, 0.6) is 0 Å². The maximum Gasteiger partial charge on any atom is 0.185 e. The minimum absolute atomic E-state index is 0.0527. The number of carbonyl (C=O) groups excluding carboxylic acids is 1. The summed E-state index contributed by atoms with van der Waals surface area (Å²) >= 11 is 0. The average Bonchev–Trinajstić information content (AvgIpc) is 2.61. The first-order chi connectivity index (χ1) is 10.8. The Balaban J connectivity index is 1.65. The number of hydrogen-bond acceptors (Lipinski definition) is 1. The Bertz CT molecular complexity index is 631. The summed E-state index contributed by atoms with van der Waals surface area (Å²) in [5, 5.41) is 0. The number of carbonyl (C=O) groups is 1. The Morgan fingerprint density at radius 1 is 0.864 bits per heavy atom. The van der Waals surface area contributed by atoms with Gasteiger partial charge in [-0.05, 0) is 36.0 Å². The Kier molecular flexibility index (Phi) is 4.85. The minimum atomic E-state index is 0.0527. The van der Waals surface area contributed by atoms with Gasteiger partial charge in [-0.2, -0.15) is 0 Å². The van der Waals surface area contributed by atoms with E-state index in [0.717, 1.165) is 17.0 Å². The van der Waals surface area contributed by atoms with E-state index in [9.17, 15) is 4.79 Å². The maximum atomic E-state index is 12.0. The Morgan fingerprint density at radius 2 is 1.55 bits per heavy atom. The lowest BCUT2D eigenvalue weighted by molar-refractivity contribution is 0.104. The molecule has 1 aliphatic rings. The molecule has 0 atom stereocenters. The van der Waals surface area contributed by atoms with Gasteiger partial charge in [0.2, 0.25) is 0 Å². The van der Waals surface area contributed by atoms with Crippen LogP contribution in [0.25, 0.3) is 6.08 Å². The predicted molar refractivity (Wildman–Crippen MR) is 92.1 cm³/mol. The van der Waals surface area contributed by atoms with E-state index in [0.29, 0.717) is 0 Å². The van der Waals surface area contributed by atoms with Gasteiger partial charge in [-0.1, -0.05) is 79.9 Å². The summed E-state index contributed by atoms with van der Waals surface area (Å²) in [5.74, 6) is 0.787. The van der Waals surface area contributed by atoms with Gasteiger partial charge in [0.15, 0.2) is 5.78 Å². The first kappa shape index (κ1) is 14.8. The molecule has 2 aromatic rings. The first-order valence-corrected chi connectivity index (χ1v) is 8.20. The number of hydrogen-bond donors (Lipinski definition) is 0. The second-order valence-electron chi connectivity index (χ2n) is 6.07. The minimum Gasteiger partial charge on any atom is -0.289 e. The molecule has 0 spiro atoms. The summed E-state index contributed by atoms with van der Waals surface area (Å²) in [6, 6.07) is 18.1. The highest BCUT2D eigenvalue weighted by Gasteiger charge is 2.14. The molecule has 1 nitrogen and oxygen atoms in total. The number of benzene rings is 2. The number of allylic oxidation sites excluding steroid dienone is 1. The van der Waals surface area contributed by atoms with Crippen molar-refractivity contribution in [2.45, 2.75) is 38.0 Å². The van der Waals surface area contributed by atoms with E-state index in [2.05, 4.69) is 24.3 Å². The summed E-state index contributed by atoms with van der Waals surface area (Å²) in [4.78, 5) is 12.0. The first-order valence-electron chi connectivity index (χ1n) is 8.20. The highest BCUT2D eigenvalue weighted by Crippen LogP contribution is 2.32. The molecule has 0 heterocycles. The normalized spacial score (nSPS) is 16.0. The van der Waals surface area contributed by atoms with E-state index in [1.807, 2.05) is 36.4 Å². The second kappa shape index (κ2) is 7.22. The molecule has 22 heavy (non-hydrogen) atoms. The standard InChI is InChI=1S/C21H22O/c22-21(20-9-5-2-6-10-20)16-13-17-11-14-19(15-12-17)18-7-3-1-4-8-18/h2,5-6,9-16,18H,1,3-4,7-8H2/b16-13+. The van der Waals surface area contributed by atoms with Crippen molar-refractivity contribution in [3.8, 4) is 0 Å². The molecule has 1 heteroatoms. The van der Waals surface area contributed by atoms with Gasteiger partial charge >= 0.3 is 0 Å². The zero-order chi connectivity index (χ0) is 15.2. The van der Waals surface area contributed by atoms with Crippen LogP contribution >= 0.6 is 0 Å². The summed E-state index contributed by atoms with van der Waals surface area (Å²) in [7, 11) is 0. The van der Waals surface area contributed by atoms with Crippen molar-refractivity contribution >= 4 is 11.9 Å². The van der Waals surface area contributed by atoms with Crippen molar-refractivity contribution in [3.63, 3.8) is 0 Å². The fourth-order valence-corrected chi connectivity index (χ4v) is 3.19. The summed E-state index contributed by atoms with van der Waals surface area (Å²) in [5.41, 5.74) is 3.27. The van der Waals surface area contributed by atoms with E-state index in [1.54, 1.807) is 6.08 Å². The number of rotatable bonds is 4. The molecule has 3 rings (SSSR count). The summed E-state index contributed by atoms with van der Waals surface area (Å²) in [6.45, 7) is 0. The van der Waals surface area contributed by atoms with Gasteiger partial charge in [-0.3, -0.25) is 4.79 Å². The zero-order valence-corrected chi connectivity index (χ0v) is 12.9. The van der Waals surface area contributed by atoms with Crippen LogP contribution in [0.2, 0.25) is 0 Å². The molecule has 0 saturated heterocycles. The number of ketones is 1. The average molecular weight is 290 g/mol. The molecule has 0 aliphatic heterocycles. The molecule has 1 saturated carbocycles. The van der Waals surface area contributed by atoms with Crippen LogP contribution in [0.1, 0.15) is 59.5 Å². The summed E-state index contributed by atoms with van der Waals surface area (Å²) < 4.78 is 0. The molecule has 0 unspecified atom stereocenters. The Hall–Kier alpha value is -2.15. The molecule has 112 valence electrons. The zero-order valence-electron chi connectivity index (χ0n) is 12.9. The van der Waals surface area contributed by atoms with Crippen LogP contribution in [-0.2, 0) is 0 Å². The van der Waals surface area contributed by atoms with Gasteiger partial charge in [0, 0.05) is 5.56 Å². The van der Waals surface area contributed by atoms with E-state index in [1.165, 1.54) is 37.7 Å². The van der Waals surface area contributed by atoms with Crippen LogP contribution in [0.4, 0.5) is 0 Å². The third-order valence-electron chi connectivity index (χ3n) is 4.50. The van der Waals surface area contributed by atoms with Gasteiger partial charge in [-0.15, -0.1) is 0 Å². The lowest BCUT2D eigenvalue weighted by Crippen LogP contribution is -2.04. The van der Waals surface area contributed by atoms with Crippen molar-refractivity contribution in [1.82, 2.24) is 0 Å². The fraction of sp³-hybridized carbons (Fsp3) is 0.286. The van der Waals surface area contributed by atoms with Crippen LogP contribution in [0.15, 0.2) is 60.7 Å². The van der Waals surface area contributed by atoms with Crippen LogP contribution < -0.4 is 0 Å². The summed E-state index contributed by atoms with van der Waals surface area (Å²) in [6.07, 6.45) is 10.3. The van der Waals surface area contributed by atoms with Gasteiger partial charge in [0.25, 0.3) is 0 Å². The Labute approximate surface area is 132 Å². The van der Waals surface area contributed by atoms with Crippen molar-refractivity contribution < 1.29 is 4.79 Å². The lowest BCUT2D eigenvalue weighted by Gasteiger charge is -2.21. The van der Waals surface area contributed by atoms with Gasteiger partial charge in [0.05, 0.1) is 0 Å². The lowest BCUT2D eigenvalue weighted by atomic mass is 9.84. The molecule has 2 aromatic carbocycles. The third kappa shape index (κ3) is 3.73. The van der Waals surface area contributed by atoms with Crippen LogP contribution in [0, 0.1) is 0 Å². The highest BCUT2D eigenvalue weighted by atomic mass is 16.1. The molecule has 0 aromatic heterocycles. The molecule has 1 aliphatic carbocycles. The van der Waals surface area contributed by atoms with Gasteiger partial charge in [0.1, 0.15) is 0 Å². The van der Waals surface area contributed by atoms with Crippen molar-refractivity contribution in [3.05, 3.63) is 77.4 Å². The quantitative estimate of drug-likeness (QED) is 0.527. The molecular formula is C21H22O. The van der Waals surface area contributed by atoms with Gasteiger partial charge < -0.3 is 0 Å². The molecule has 0 bridgehead atoms. The fourth-order valence-electron chi connectivity index (χ4n) is 3.19.